The summed E-state index contributed by atoms with van der Waals surface area (Å²) in [5.74, 6) is 0.384. The highest BCUT2D eigenvalue weighted by Gasteiger charge is 2.42. The van der Waals surface area contributed by atoms with E-state index in [1.807, 2.05) is 0 Å². The van der Waals surface area contributed by atoms with Crippen LogP contribution < -0.4 is 0 Å². The van der Waals surface area contributed by atoms with Crippen LogP contribution in [0.1, 0.15) is 23.6 Å². The van der Waals surface area contributed by atoms with E-state index in [0.717, 1.165) is 19.8 Å². The fraction of sp³-hybridized carbons (Fsp3) is 0.214. The van der Waals surface area contributed by atoms with Crippen molar-refractivity contribution in [2.24, 2.45) is 5.92 Å². The molecule has 3 aromatic rings. The second-order valence-electron chi connectivity index (χ2n) is 8.21. The first-order chi connectivity index (χ1) is 14.8. The summed E-state index contributed by atoms with van der Waals surface area (Å²) in [4.78, 5) is 2.52. The van der Waals surface area contributed by atoms with Gasteiger partial charge in [-0.2, -0.15) is 0 Å². The Morgan fingerprint density at radius 3 is 1.77 bits per heavy atom. The average Bonchev–Trinajstić information content (AvgIpc) is 3.23. The smallest absolute Gasteiger partial charge is 0.116 e. The summed E-state index contributed by atoms with van der Waals surface area (Å²) in [6, 6.07) is 32.7. The van der Waals surface area contributed by atoms with E-state index in [-0.39, 0.29) is 0 Å². The van der Waals surface area contributed by atoms with Crippen LogP contribution in [0.2, 0.25) is 0 Å². The molecule has 2 aliphatic rings. The molecule has 0 aliphatic carbocycles. The zero-order valence-electron chi connectivity index (χ0n) is 17.4. The molecule has 2 heterocycles. The second-order valence-corrected chi connectivity index (χ2v) is 8.21. The van der Waals surface area contributed by atoms with E-state index in [4.69, 9.17) is 4.74 Å². The molecule has 1 saturated heterocycles. The maximum Gasteiger partial charge on any atom is 0.116 e. The third kappa shape index (κ3) is 3.09. The van der Waals surface area contributed by atoms with Gasteiger partial charge in [-0.1, -0.05) is 103 Å². The molecule has 0 saturated carbocycles. The second kappa shape index (κ2) is 7.97. The lowest BCUT2D eigenvalue weighted by molar-refractivity contribution is 0.193. The predicted octanol–water partition coefficient (Wildman–Crippen LogP) is 5.77. The molecule has 0 aromatic heterocycles. The van der Waals surface area contributed by atoms with E-state index >= 15 is 0 Å². The van der Waals surface area contributed by atoms with Gasteiger partial charge in [-0.3, -0.25) is 0 Å². The van der Waals surface area contributed by atoms with Gasteiger partial charge >= 0.3 is 0 Å². The predicted molar refractivity (Wildman–Crippen MR) is 122 cm³/mol. The molecule has 2 heteroatoms. The van der Waals surface area contributed by atoms with E-state index in [1.54, 1.807) is 0 Å². The van der Waals surface area contributed by atoms with E-state index in [0.29, 0.717) is 5.92 Å². The molecule has 2 aliphatic heterocycles. The van der Waals surface area contributed by atoms with Gasteiger partial charge in [0.15, 0.2) is 0 Å². The Labute approximate surface area is 179 Å². The van der Waals surface area contributed by atoms with Gasteiger partial charge in [-0.05, 0) is 35.4 Å². The summed E-state index contributed by atoms with van der Waals surface area (Å²) in [6.07, 6.45) is 4.64. The molecule has 1 unspecified atom stereocenters. The van der Waals surface area contributed by atoms with Crippen LogP contribution in [-0.4, -0.2) is 24.7 Å². The molecule has 0 spiro atoms. The Hall–Kier alpha value is -3.10. The summed E-state index contributed by atoms with van der Waals surface area (Å²) >= 11 is 0. The van der Waals surface area contributed by atoms with Crippen LogP contribution in [0.15, 0.2) is 114 Å². The quantitative estimate of drug-likeness (QED) is 0.412. The molecule has 0 bridgehead atoms. The highest BCUT2D eigenvalue weighted by molar-refractivity contribution is 5.51. The highest BCUT2D eigenvalue weighted by atomic mass is 16.5. The number of nitrogens with zero attached hydrogens (tertiary/aromatic N) is 1. The summed E-state index contributed by atoms with van der Waals surface area (Å²) in [5.41, 5.74) is 6.25. The van der Waals surface area contributed by atoms with Gasteiger partial charge in [-0.25, -0.2) is 0 Å². The standard InChI is InChI=1S/C28H27NO/c1-22-19-29(18-17-23-20-30-21-27(22)23)28(24-11-5-2-6-12-24,25-13-7-3-8-14-25)26-15-9-4-10-16-26/h2-18,23H,19-21H2,1H3. The largest absolute Gasteiger partial charge is 0.376 e. The molecule has 3 aromatic carbocycles. The Bertz CT molecular complexity index is 957. The molecule has 0 amide bonds. The summed E-state index contributed by atoms with van der Waals surface area (Å²) < 4.78 is 5.76. The average molecular weight is 394 g/mol. The maximum absolute atomic E-state index is 5.76. The van der Waals surface area contributed by atoms with Crippen molar-refractivity contribution < 1.29 is 4.74 Å². The van der Waals surface area contributed by atoms with Crippen LogP contribution >= 0.6 is 0 Å². The summed E-state index contributed by atoms with van der Waals surface area (Å²) in [7, 11) is 0. The molecule has 2 nitrogen and oxygen atoms in total. The minimum atomic E-state index is -0.415. The van der Waals surface area contributed by atoms with E-state index in [9.17, 15) is 0 Å². The van der Waals surface area contributed by atoms with Crippen LogP contribution in [0.25, 0.3) is 0 Å². The first-order valence-corrected chi connectivity index (χ1v) is 10.7. The van der Waals surface area contributed by atoms with Crippen LogP contribution in [0.4, 0.5) is 0 Å². The third-order valence-corrected chi connectivity index (χ3v) is 6.46. The van der Waals surface area contributed by atoms with Gasteiger partial charge < -0.3 is 9.64 Å². The molecule has 0 radical (unpaired) electrons. The van der Waals surface area contributed by atoms with E-state index in [1.165, 1.54) is 27.8 Å². The van der Waals surface area contributed by atoms with Crippen molar-refractivity contribution in [1.82, 2.24) is 4.90 Å². The summed E-state index contributed by atoms with van der Waals surface area (Å²) in [6.45, 7) is 4.67. The first-order valence-electron chi connectivity index (χ1n) is 10.7. The Morgan fingerprint density at radius 2 is 1.27 bits per heavy atom. The summed E-state index contributed by atoms with van der Waals surface area (Å²) in [5, 5.41) is 0. The van der Waals surface area contributed by atoms with Gasteiger partial charge in [0.05, 0.1) is 13.2 Å². The molecule has 30 heavy (non-hydrogen) atoms. The lowest BCUT2D eigenvalue weighted by atomic mass is 9.75. The van der Waals surface area contributed by atoms with Crippen LogP contribution in [0.3, 0.4) is 0 Å². The molecule has 1 fully saturated rings. The van der Waals surface area contributed by atoms with Crippen LogP contribution in [-0.2, 0) is 10.3 Å². The number of hydrogen-bond acceptors (Lipinski definition) is 2. The minimum Gasteiger partial charge on any atom is -0.376 e. The van der Waals surface area contributed by atoms with E-state index < -0.39 is 5.54 Å². The monoisotopic (exact) mass is 393 g/mol. The molecule has 150 valence electrons. The lowest BCUT2D eigenvalue weighted by Crippen LogP contribution is -2.45. The molecular weight excluding hydrogens is 366 g/mol. The Kier molecular flexibility index (Phi) is 5.02. The maximum atomic E-state index is 5.76. The van der Waals surface area contributed by atoms with Crippen molar-refractivity contribution in [3.05, 3.63) is 131 Å². The SMILES string of the molecule is CC1=C2COCC2C=CN(C(c2ccccc2)(c2ccccc2)c2ccccc2)C1. The number of benzene rings is 3. The molecule has 0 N–H and O–H groups in total. The normalized spacial score (nSPS) is 19.0. The Balaban J connectivity index is 1.79. The van der Waals surface area contributed by atoms with Gasteiger partial charge in [-0.15, -0.1) is 0 Å². The van der Waals surface area contributed by atoms with Crippen LogP contribution in [0, 0.1) is 5.92 Å². The zero-order valence-corrected chi connectivity index (χ0v) is 17.4. The molecular formula is C28H27NO. The Morgan fingerprint density at radius 1 is 0.767 bits per heavy atom. The number of hydrogen-bond donors (Lipinski definition) is 0. The minimum absolute atomic E-state index is 0.384. The van der Waals surface area contributed by atoms with Crippen molar-refractivity contribution in [3.63, 3.8) is 0 Å². The highest BCUT2D eigenvalue weighted by Crippen LogP contribution is 2.44. The molecule has 1 atom stereocenters. The number of ether oxygens (including phenoxy) is 1. The fourth-order valence-corrected chi connectivity index (χ4v) is 5.00. The first kappa shape index (κ1) is 18.9. The third-order valence-electron chi connectivity index (χ3n) is 6.46. The molecule has 5 rings (SSSR count). The van der Waals surface area contributed by atoms with E-state index in [2.05, 4.69) is 115 Å². The van der Waals surface area contributed by atoms with Crippen LogP contribution in [0.5, 0.6) is 0 Å². The van der Waals surface area contributed by atoms with Crippen molar-refractivity contribution >= 4 is 0 Å². The van der Waals surface area contributed by atoms with Crippen molar-refractivity contribution in [2.45, 2.75) is 12.5 Å². The zero-order chi connectivity index (χ0) is 20.4. The van der Waals surface area contributed by atoms with Crippen molar-refractivity contribution in [3.8, 4) is 0 Å². The fourth-order valence-electron chi connectivity index (χ4n) is 5.00. The lowest BCUT2D eigenvalue weighted by Gasteiger charge is -2.45. The van der Waals surface area contributed by atoms with Crippen molar-refractivity contribution in [2.75, 3.05) is 19.8 Å². The van der Waals surface area contributed by atoms with Gasteiger partial charge in [0, 0.05) is 12.5 Å². The topological polar surface area (TPSA) is 12.5 Å². The number of fused-ring (bicyclic) bond motifs is 1. The van der Waals surface area contributed by atoms with Gasteiger partial charge in [0.25, 0.3) is 0 Å². The van der Waals surface area contributed by atoms with Gasteiger partial charge in [0.2, 0.25) is 0 Å². The number of rotatable bonds is 4. The van der Waals surface area contributed by atoms with Gasteiger partial charge in [0.1, 0.15) is 5.54 Å². The van der Waals surface area contributed by atoms with Crippen molar-refractivity contribution in [1.29, 1.82) is 0 Å².